The second-order valence-electron chi connectivity index (χ2n) is 4.97. The highest BCUT2D eigenvalue weighted by molar-refractivity contribution is 9.10. The summed E-state index contributed by atoms with van der Waals surface area (Å²) in [5.41, 5.74) is 0.948. The molecule has 0 aromatic heterocycles. The third-order valence-corrected chi connectivity index (χ3v) is 4.42. The molecule has 0 amide bonds. The van der Waals surface area contributed by atoms with Crippen LogP contribution in [0.5, 0.6) is 0 Å². The van der Waals surface area contributed by atoms with Crippen LogP contribution in [0.4, 0.5) is 4.39 Å². The Morgan fingerprint density at radius 1 is 1.25 bits per heavy atom. The van der Waals surface area contributed by atoms with Crippen LogP contribution in [0, 0.1) is 5.82 Å². The summed E-state index contributed by atoms with van der Waals surface area (Å²) in [6, 6.07) is 5.08. The summed E-state index contributed by atoms with van der Waals surface area (Å²) in [7, 11) is 0. The van der Waals surface area contributed by atoms with Crippen molar-refractivity contribution in [3.8, 4) is 0 Å². The van der Waals surface area contributed by atoms with E-state index in [0.717, 1.165) is 31.7 Å². The zero-order valence-electron chi connectivity index (χ0n) is 11.2. The van der Waals surface area contributed by atoms with E-state index in [1.807, 2.05) is 6.07 Å². The van der Waals surface area contributed by atoms with Crippen molar-refractivity contribution in [2.45, 2.75) is 13.0 Å². The average Bonchev–Trinajstić information content (AvgIpc) is 2.43. The number of benzene rings is 1. The topological polar surface area (TPSA) is 43.8 Å². The Morgan fingerprint density at radius 2 is 1.90 bits per heavy atom. The minimum atomic E-state index is -0.754. The number of carbonyl (C=O) groups is 1. The standard InChI is InChI=1S/C14H18BrFN2O2/c15-14-11(2-1-3-12(14)16)10-18-8-6-17(7-9-18)5-4-13(19)20/h1-3H,4-10H2,(H,19,20). The number of nitrogens with zero attached hydrogens (tertiary/aromatic N) is 2. The van der Waals surface area contributed by atoms with Crippen LogP contribution < -0.4 is 0 Å². The van der Waals surface area contributed by atoms with Gasteiger partial charge in [-0.05, 0) is 27.6 Å². The molecule has 1 aliphatic heterocycles. The van der Waals surface area contributed by atoms with E-state index in [1.54, 1.807) is 6.07 Å². The van der Waals surface area contributed by atoms with Gasteiger partial charge in [-0.15, -0.1) is 0 Å². The van der Waals surface area contributed by atoms with E-state index in [2.05, 4.69) is 25.7 Å². The van der Waals surface area contributed by atoms with Gasteiger partial charge in [0, 0.05) is 39.3 Å². The lowest BCUT2D eigenvalue weighted by Crippen LogP contribution is -2.46. The summed E-state index contributed by atoms with van der Waals surface area (Å²) in [5.74, 6) is -0.987. The summed E-state index contributed by atoms with van der Waals surface area (Å²) in [5, 5.41) is 8.67. The van der Waals surface area contributed by atoms with Gasteiger partial charge in [-0.25, -0.2) is 4.39 Å². The van der Waals surface area contributed by atoms with Crippen LogP contribution in [0.3, 0.4) is 0 Å². The Labute approximate surface area is 126 Å². The molecule has 1 aromatic rings. The molecule has 0 bridgehead atoms. The molecule has 4 nitrogen and oxygen atoms in total. The molecule has 0 aliphatic carbocycles. The van der Waals surface area contributed by atoms with Gasteiger partial charge in [-0.3, -0.25) is 9.69 Å². The molecule has 1 aromatic carbocycles. The fourth-order valence-electron chi connectivity index (χ4n) is 2.34. The zero-order valence-corrected chi connectivity index (χ0v) is 12.8. The molecule has 1 fully saturated rings. The lowest BCUT2D eigenvalue weighted by Gasteiger charge is -2.34. The first-order valence-electron chi connectivity index (χ1n) is 6.65. The van der Waals surface area contributed by atoms with E-state index in [9.17, 15) is 9.18 Å². The van der Waals surface area contributed by atoms with Crippen molar-refractivity contribution in [1.82, 2.24) is 9.80 Å². The van der Waals surface area contributed by atoms with Crippen LogP contribution in [0.15, 0.2) is 22.7 Å². The normalized spacial score (nSPS) is 17.3. The maximum atomic E-state index is 13.4. The molecule has 0 saturated carbocycles. The highest BCUT2D eigenvalue weighted by atomic mass is 79.9. The number of piperazine rings is 1. The lowest BCUT2D eigenvalue weighted by molar-refractivity contribution is -0.137. The van der Waals surface area contributed by atoms with Gasteiger partial charge in [0.05, 0.1) is 10.9 Å². The molecular formula is C14H18BrFN2O2. The predicted molar refractivity (Wildman–Crippen MR) is 78.1 cm³/mol. The van der Waals surface area contributed by atoms with Crippen LogP contribution in [-0.4, -0.2) is 53.6 Å². The van der Waals surface area contributed by atoms with Gasteiger partial charge >= 0.3 is 5.97 Å². The largest absolute Gasteiger partial charge is 0.481 e. The van der Waals surface area contributed by atoms with Crippen molar-refractivity contribution in [2.24, 2.45) is 0 Å². The van der Waals surface area contributed by atoms with E-state index in [1.165, 1.54) is 6.07 Å². The number of hydrogen-bond donors (Lipinski definition) is 1. The molecule has 6 heteroatoms. The smallest absolute Gasteiger partial charge is 0.304 e. The molecule has 0 radical (unpaired) electrons. The van der Waals surface area contributed by atoms with Gasteiger partial charge in [-0.2, -0.15) is 0 Å². The van der Waals surface area contributed by atoms with Gasteiger partial charge in [0.1, 0.15) is 5.82 Å². The Balaban J connectivity index is 1.82. The molecule has 1 aliphatic rings. The quantitative estimate of drug-likeness (QED) is 0.889. The molecule has 2 rings (SSSR count). The van der Waals surface area contributed by atoms with Crippen molar-refractivity contribution in [3.05, 3.63) is 34.1 Å². The van der Waals surface area contributed by atoms with Gasteiger partial charge < -0.3 is 10.0 Å². The minimum absolute atomic E-state index is 0.190. The first-order chi connectivity index (χ1) is 9.56. The van der Waals surface area contributed by atoms with Crippen molar-refractivity contribution in [3.63, 3.8) is 0 Å². The van der Waals surface area contributed by atoms with Crippen molar-refractivity contribution in [1.29, 1.82) is 0 Å². The van der Waals surface area contributed by atoms with Crippen LogP contribution in [0.2, 0.25) is 0 Å². The molecule has 20 heavy (non-hydrogen) atoms. The third-order valence-electron chi connectivity index (χ3n) is 3.53. The fraction of sp³-hybridized carbons (Fsp3) is 0.500. The van der Waals surface area contributed by atoms with E-state index in [0.29, 0.717) is 17.6 Å². The average molecular weight is 345 g/mol. The van der Waals surface area contributed by atoms with Crippen LogP contribution in [0.1, 0.15) is 12.0 Å². The number of rotatable bonds is 5. The predicted octanol–water partition coefficient (Wildman–Crippen LogP) is 2.18. The molecular weight excluding hydrogens is 327 g/mol. The molecule has 1 N–H and O–H groups in total. The molecule has 0 atom stereocenters. The van der Waals surface area contributed by atoms with Crippen LogP contribution in [0.25, 0.3) is 0 Å². The van der Waals surface area contributed by atoms with Crippen LogP contribution in [-0.2, 0) is 11.3 Å². The van der Waals surface area contributed by atoms with Gasteiger partial charge in [0.15, 0.2) is 0 Å². The molecule has 110 valence electrons. The van der Waals surface area contributed by atoms with E-state index in [-0.39, 0.29) is 12.2 Å². The van der Waals surface area contributed by atoms with Gasteiger partial charge in [0.2, 0.25) is 0 Å². The molecule has 1 saturated heterocycles. The van der Waals surface area contributed by atoms with Gasteiger partial charge in [0.25, 0.3) is 0 Å². The molecule has 0 unspecified atom stereocenters. The van der Waals surface area contributed by atoms with Crippen molar-refractivity contribution < 1.29 is 14.3 Å². The van der Waals surface area contributed by atoms with Crippen molar-refractivity contribution in [2.75, 3.05) is 32.7 Å². The lowest BCUT2D eigenvalue weighted by atomic mass is 10.2. The van der Waals surface area contributed by atoms with Crippen LogP contribution >= 0.6 is 15.9 Å². The minimum Gasteiger partial charge on any atom is -0.481 e. The summed E-state index contributed by atoms with van der Waals surface area (Å²) < 4.78 is 14.0. The Hall–Kier alpha value is -0.980. The van der Waals surface area contributed by atoms with E-state index < -0.39 is 5.97 Å². The first kappa shape index (κ1) is 15.4. The molecule has 1 heterocycles. The summed E-state index contributed by atoms with van der Waals surface area (Å²) in [6.07, 6.45) is 0.190. The summed E-state index contributed by atoms with van der Waals surface area (Å²) in [6.45, 7) is 4.80. The Bertz CT molecular complexity index is 476. The number of aliphatic carboxylic acids is 1. The second kappa shape index (κ2) is 7.15. The van der Waals surface area contributed by atoms with Gasteiger partial charge in [-0.1, -0.05) is 12.1 Å². The zero-order chi connectivity index (χ0) is 14.5. The number of carboxylic acid groups (broad SMARTS) is 1. The maximum Gasteiger partial charge on any atom is 0.304 e. The van der Waals surface area contributed by atoms with E-state index >= 15 is 0 Å². The number of hydrogen-bond acceptors (Lipinski definition) is 3. The second-order valence-corrected chi connectivity index (χ2v) is 5.77. The maximum absolute atomic E-state index is 13.4. The Kier molecular flexibility index (Phi) is 5.51. The third kappa shape index (κ3) is 4.26. The Morgan fingerprint density at radius 3 is 2.55 bits per heavy atom. The number of halogens is 2. The monoisotopic (exact) mass is 344 g/mol. The number of carboxylic acids is 1. The summed E-state index contributed by atoms with van der Waals surface area (Å²) >= 11 is 3.28. The highest BCUT2D eigenvalue weighted by Crippen LogP contribution is 2.22. The summed E-state index contributed by atoms with van der Waals surface area (Å²) in [4.78, 5) is 15.0. The highest BCUT2D eigenvalue weighted by Gasteiger charge is 2.18. The SMILES string of the molecule is O=C(O)CCN1CCN(Cc2cccc(F)c2Br)CC1. The van der Waals surface area contributed by atoms with E-state index in [4.69, 9.17) is 5.11 Å². The first-order valence-corrected chi connectivity index (χ1v) is 7.45. The molecule has 0 spiro atoms. The fourth-order valence-corrected chi connectivity index (χ4v) is 2.73. The van der Waals surface area contributed by atoms with Crippen molar-refractivity contribution >= 4 is 21.9 Å².